The fourth-order valence-electron chi connectivity index (χ4n) is 3.44. The minimum absolute atomic E-state index is 0.0482. The second-order valence-corrected chi connectivity index (χ2v) is 7.66. The highest BCUT2D eigenvalue weighted by Crippen LogP contribution is 2.25. The lowest BCUT2D eigenvalue weighted by molar-refractivity contribution is 0.0689. The van der Waals surface area contributed by atoms with Gasteiger partial charge in [-0.05, 0) is 52.7 Å². The molecule has 3 aromatic carbocycles. The van der Waals surface area contributed by atoms with Crippen molar-refractivity contribution in [3.05, 3.63) is 82.6 Å². The van der Waals surface area contributed by atoms with E-state index in [1.54, 1.807) is 11.8 Å². The number of rotatable bonds is 7. The average Bonchev–Trinajstić information content (AvgIpc) is 3.16. The first-order chi connectivity index (χ1) is 14.9. The fraction of sp³-hybridized carbons (Fsp3) is 0.174. The second kappa shape index (κ2) is 8.65. The Morgan fingerprint density at radius 2 is 1.81 bits per heavy atom. The maximum Gasteiger partial charge on any atom is 0.358 e. The van der Waals surface area contributed by atoms with Crippen LogP contribution in [0.2, 0.25) is 5.02 Å². The fourth-order valence-corrected chi connectivity index (χ4v) is 3.62. The first-order valence-electron chi connectivity index (χ1n) is 9.63. The third-order valence-electron chi connectivity index (χ3n) is 5.15. The molecule has 8 heteroatoms. The summed E-state index contributed by atoms with van der Waals surface area (Å²) in [5, 5.41) is 20.4. The Morgan fingerprint density at radius 1 is 1.10 bits per heavy atom. The first kappa shape index (κ1) is 20.7. The molecule has 0 spiro atoms. The normalized spacial score (nSPS) is 10.9. The van der Waals surface area contributed by atoms with Crippen LogP contribution in [0, 0.1) is 0 Å². The zero-order valence-electron chi connectivity index (χ0n) is 17.1. The summed E-state index contributed by atoms with van der Waals surface area (Å²) in [5.41, 5.74) is 2.40. The van der Waals surface area contributed by atoms with Crippen LogP contribution < -0.4 is 9.64 Å². The molecular formula is C23H21ClN4O3. The lowest BCUT2D eigenvalue weighted by Crippen LogP contribution is -2.21. The van der Waals surface area contributed by atoms with Crippen LogP contribution >= 0.6 is 11.6 Å². The molecule has 0 aliphatic heterocycles. The van der Waals surface area contributed by atoms with Gasteiger partial charge in [0.1, 0.15) is 5.75 Å². The van der Waals surface area contributed by atoms with E-state index >= 15 is 0 Å². The number of hydrogen-bond donors (Lipinski definition) is 1. The van der Waals surface area contributed by atoms with Crippen LogP contribution in [0.1, 0.15) is 21.7 Å². The molecule has 1 aromatic heterocycles. The first-order valence-corrected chi connectivity index (χ1v) is 10.0. The Balaban J connectivity index is 1.62. The largest absolute Gasteiger partial charge is 0.497 e. The summed E-state index contributed by atoms with van der Waals surface area (Å²) in [4.78, 5) is 13.7. The van der Waals surface area contributed by atoms with Crippen molar-refractivity contribution in [2.24, 2.45) is 0 Å². The zero-order chi connectivity index (χ0) is 22.0. The van der Waals surface area contributed by atoms with Gasteiger partial charge >= 0.3 is 5.97 Å². The molecule has 31 heavy (non-hydrogen) atoms. The molecule has 0 bridgehead atoms. The van der Waals surface area contributed by atoms with Gasteiger partial charge in [-0.15, -0.1) is 5.10 Å². The van der Waals surface area contributed by atoms with Crippen molar-refractivity contribution >= 4 is 34.0 Å². The Bertz CT molecular complexity index is 1240. The number of carbonyl (C=O) groups is 1. The van der Waals surface area contributed by atoms with Crippen molar-refractivity contribution in [3.63, 3.8) is 0 Å². The van der Waals surface area contributed by atoms with Gasteiger partial charge in [-0.1, -0.05) is 41.1 Å². The van der Waals surface area contributed by atoms with Crippen LogP contribution in [0.5, 0.6) is 5.75 Å². The third kappa shape index (κ3) is 4.46. The molecule has 0 saturated carbocycles. The minimum atomic E-state index is -1.10. The second-order valence-electron chi connectivity index (χ2n) is 7.23. The predicted octanol–water partition coefficient (Wildman–Crippen LogP) is 4.48. The van der Waals surface area contributed by atoms with E-state index < -0.39 is 5.97 Å². The summed E-state index contributed by atoms with van der Waals surface area (Å²) < 4.78 is 6.82. The molecule has 1 N–H and O–H groups in total. The highest BCUT2D eigenvalue weighted by atomic mass is 35.5. The number of halogens is 1. The predicted molar refractivity (Wildman–Crippen MR) is 120 cm³/mol. The van der Waals surface area contributed by atoms with E-state index in [-0.39, 0.29) is 5.69 Å². The molecule has 7 nitrogen and oxygen atoms in total. The van der Waals surface area contributed by atoms with Crippen LogP contribution in [-0.2, 0) is 13.1 Å². The number of benzene rings is 3. The van der Waals surface area contributed by atoms with Gasteiger partial charge in [0.15, 0.2) is 5.69 Å². The van der Waals surface area contributed by atoms with Gasteiger partial charge in [-0.25, -0.2) is 9.48 Å². The van der Waals surface area contributed by atoms with E-state index in [0.29, 0.717) is 23.8 Å². The average molecular weight is 437 g/mol. The summed E-state index contributed by atoms with van der Waals surface area (Å²) in [5.74, 6) is -0.344. The molecule has 0 radical (unpaired) electrons. The van der Waals surface area contributed by atoms with Crippen molar-refractivity contribution in [1.29, 1.82) is 0 Å². The van der Waals surface area contributed by atoms with Crippen molar-refractivity contribution in [3.8, 4) is 5.75 Å². The molecule has 158 valence electrons. The van der Waals surface area contributed by atoms with Crippen LogP contribution in [-0.4, -0.2) is 40.2 Å². The number of fused-ring (bicyclic) bond motifs is 1. The molecule has 4 aromatic rings. The summed E-state index contributed by atoms with van der Waals surface area (Å²) >= 11 is 6.07. The number of carboxylic acid groups (broad SMARTS) is 1. The van der Waals surface area contributed by atoms with Gasteiger partial charge in [-0.3, -0.25) is 0 Å². The van der Waals surface area contributed by atoms with Crippen molar-refractivity contribution in [2.45, 2.75) is 13.1 Å². The SMILES string of the molecule is COc1ccc(Cn2nnc(C(=O)O)c2CN(C)c2ccc3cc(Cl)ccc3c2)cc1. The summed E-state index contributed by atoms with van der Waals surface area (Å²) in [7, 11) is 3.52. The lowest BCUT2D eigenvalue weighted by atomic mass is 10.1. The Morgan fingerprint density at radius 3 is 2.52 bits per heavy atom. The van der Waals surface area contributed by atoms with Gasteiger partial charge in [0.2, 0.25) is 0 Å². The Kier molecular flexibility index (Phi) is 5.77. The lowest BCUT2D eigenvalue weighted by Gasteiger charge is -2.20. The van der Waals surface area contributed by atoms with Gasteiger partial charge in [0.25, 0.3) is 0 Å². The standard InChI is InChI=1S/C23H21ClN4O3/c1-27(19-8-6-16-11-18(24)7-5-17(16)12-19)14-21-22(23(29)30)25-26-28(21)13-15-3-9-20(31-2)10-4-15/h3-12H,13-14H2,1-2H3,(H,29,30). The summed E-state index contributed by atoms with van der Waals surface area (Å²) in [6.07, 6.45) is 0. The molecule has 0 amide bonds. The molecule has 1 heterocycles. The van der Waals surface area contributed by atoms with Crippen molar-refractivity contribution in [2.75, 3.05) is 19.1 Å². The number of methoxy groups -OCH3 is 1. The monoisotopic (exact) mass is 436 g/mol. The van der Waals surface area contributed by atoms with Crippen LogP contribution in [0.25, 0.3) is 10.8 Å². The minimum Gasteiger partial charge on any atom is -0.497 e. The molecule has 0 atom stereocenters. The Hall–Kier alpha value is -3.58. The Labute approximate surface area is 184 Å². The molecule has 0 aliphatic carbocycles. The van der Waals surface area contributed by atoms with Crippen molar-refractivity contribution < 1.29 is 14.6 Å². The molecular weight excluding hydrogens is 416 g/mol. The maximum atomic E-state index is 11.7. The molecule has 0 fully saturated rings. The third-order valence-corrected chi connectivity index (χ3v) is 5.38. The zero-order valence-corrected chi connectivity index (χ0v) is 17.9. The molecule has 4 rings (SSSR count). The van der Waals surface area contributed by atoms with Gasteiger partial charge in [-0.2, -0.15) is 0 Å². The number of carboxylic acids is 1. The molecule has 0 unspecified atom stereocenters. The van der Waals surface area contributed by atoms with E-state index in [1.807, 2.05) is 72.6 Å². The van der Waals surface area contributed by atoms with Crippen LogP contribution in [0.4, 0.5) is 5.69 Å². The van der Waals surface area contributed by atoms with Crippen LogP contribution in [0.3, 0.4) is 0 Å². The molecule has 0 aliphatic rings. The topological polar surface area (TPSA) is 80.5 Å². The number of hydrogen-bond acceptors (Lipinski definition) is 5. The summed E-state index contributed by atoms with van der Waals surface area (Å²) in [6, 6.07) is 19.3. The van der Waals surface area contributed by atoms with E-state index in [9.17, 15) is 9.90 Å². The number of ether oxygens (including phenoxy) is 1. The summed E-state index contributed by atoms with van der Waals surface area (Å²) in [6.45, 7) is 0.744. The van der Waals surface area contributed by atoms with Gasteiger partial charge in [0, 0.05) is 17.8 Å². The van der Waals surface area contributed by atoms with Gasteiger partial charge < -0.3 is 14.7 Å². The highest BCUT2D eigenvalue weighted by Gasteiger charge is 2.21. The van der Waals surface area contributed by atoms with E-state index in [0.717, 1.165) is 27.8 Å². The maximum absolute atomic E-state index is 11.7. The highest BCUT2D eigenvalue weighted by molar-refractivity contribution is 6.31. The van der Waals surface area contributed by atoms with E-state index in [2.05, 4.69) is 10.3 Å². The number of anilines is 1. The number of aromatic carboxylic acids is 1. The quantitative estimate of drug-likeness (QED) is 0.460. The van der Waals surface area contributed by atoms with E-state index in [4.69, 9.17) is 16.3 Å². The van der Waals surface area contributed by atoms with Crippen molar-refractivity contribution in [1.82, 2.24) is 15.0 Å². The smallest absolute Gasteiger partial charge is 0.358 e. The number of aromatic nitrogens is 3. The van der Waals surface area contributed by atoms with Crippen LogP contribution in [0.15, 0.2) is 60.7 Å². The molecule has 0 saturated heterocycles. The van der Waals surface area contributed by atoms with Gasteiger partial charge in [0.05, 0.1) is 25.9 Å². The number of nitrogens with zero attached hydrogens (tertiary/aromatic N) is 4. The van der Waals surface area contributed by atoms with E-state index in [1.165, 1.54) is 0 Å².